The summed E-state index contributed by atoms with van der Waals surface area (Å²) in [4.78, 5) is 12.1. The number of carbonyl (C=O) groups excluding carboxylic acids is 1. The van der Waals surface area contributed by atoms with Gasteiger partial charge in [0.25, 0.3) is 0 Å². The first-order valence-corrected chi connectivity index (χ1v) is 6.74. The maximum Gasteiger partial charge on any atom is 0.314 e. The van der Waals surface area contributed by atoms with Crippen molar-refractivity contribution in [1.82, 2.24) is 0 Å². The van der Waals surface area contributed by atoms with Crippen LogP contribution in [-0.2, 0) is 14.3 Å². The normalized spacial score (nSPS) is 34.0. The summed E-state index contributed by atoms with van der Waals surface area (Å²) in [6, 6.07) is 0. The number of hydrogen-bond acceptors (Lipinski definition) is 3. The summed E-state index contributed by atoms with van der Waals surface area (Å²) in [5.74, 6) is 0.828. The molecule has 0 aromatic carbocycles. The average Bonchev–Trinajstić information content (AvgIpc) is 2.82. The van der Waals surface area contributed by atoms with Crippen LogP contribution in [0.2, 0.25) is 0 Å². The minimum Gasteiger partial charge on any atom is -0.438 e. The van der Waals surface area contributed by atoms with Gasteiger partial charge in [0.15, 0.2) is 6.79 Å². The molecule has 0 spiro atoms. The molecule has 0 aromatic rings. The Hall–Kier alpha value is -0.830. The van der Waals surface area contributed by atoms with Crippen molar-refractivity contribution in [2.45, 2.75) is 40.5 Å². The molecule has 0 N–H and O–H groups in total. The number of fused-ring (bicyclic) bond motifs is 2. The number of rotatable bonds is 4. The zero-order valence-corrected chi connectivity index (χ0v) is 11.9. The van der Waals surface area contributed by atoms with Gasteiger partial charge in [0.1, 0.15) is 0 Å². The second-order valence-corrected chi connectivity index (χ2v) is 7.07. The quantitative estimate of drug-likeness (QED) is 0.334. The lowest BCUT2D eigenvalue weighted by atomic mass is 9.78. The van der Waals surface area contributed by atoms with Gasteiger partial charge in [0, 0.05) is 0 Å². The van der Waals surface area contributed by atoms with Gasteiger partial charge < -0.3 is 9.47 Å². The zero-order chi connectivity index (χ0) is 13.4. The molecule has 2 aliphatic carbocycles. The number of allylic oxidation sites excluding steroid dienone is 2. The van der Waals surface area contributed by atoms with Crippen molar-refractivity contribution in [2.24, 2.45) is 22.7 Å². The van der Waals surface area contributed by atoms with E-state index in [2.05, 4.69) is 32.9 Å². The molecule has 2 bridgehead atoms. The molecule has 3 heteroatoms. The van der Waals surface area contributed by atoms with Gasteiger partial charge in [-0.3, -0.25) is 4.79 Å². The average molecular weight is 252 g/mol. The van der Waals surface area contributed by atoms with E-state index in [1.54, 1.807) is 0 Å². The van der Waals surface area contributed by atoms with Gasteiger partial charge in [-0.15, -0.1) is 0 Å². The van der Waals surface area contributed by atoms with Gasteiger partial charge in [0.2, 0.25) is 0 Å². The first-order valence-electron chi connectivity index (χ1n) is 6.74. The number of hydrogen-bond donors (Lipinski definition) is 0. The topological polar surface area (TPSA) is 35.5 Å². The third-order valence-electron chi connectivity index (χ3n) is 3.95. The van der Waals surface area contributed by atoms with Crippen LogP contribution in [0.5, 0.6) is 0 Å². The largest absolute Gasteiger partial charge is 0.438 e. The summed E-state index contributed by atoms with van der Waals surface area (Å²) in [5, 5.41) is 0. The molecular weight excluding hydrogens is 228 g/mol. The SMILES string of the molecule is CC(C)(C)COCOC(=O)C1(C)CC2C=CC1C2. The number of ether oxygens (including phenoxy) is 2. The predicted octanol–water partition coefficient (Wildman–Crippen LogP) is 3.15. The van der Waals surface area contributed by atoms with Crippen LogP contribution in [0.15, 0.2) is 12.2 Å². The molecule has 102 valence electrons. The molecule has 2 rings (SSSR count). The highest BCUT2D eigenvalue weighted by Crippen LogP contribution is 2.52. The lowest BCUT2D eigenvalue weighted by molar-refractivity contribution is -0.171. The molecule has 18 heavy (non-hydrogen) atoms. The summed E-state index contributed by atoms with van der Waals surface area (Å²) in [5.41, 5.74) is -0.226. The maximum absolute atomic E-state index is 12.1. The van der Waals surface area contributed by atoms with E-state index in [-0.39, 0.29) is 23.6 Å². The Morgan fingerprint density at radius 1 is 1.39 bits per heavy atom. The van der Waals surface area contributed by atoms with Gasteiger partial charge in [-0.2, -0.15) is 0 Å². The van der Waals surface area contributed by atoms with E-state index < -0.39 is 0 Å². The number of carbonyl (C=O) groups is 1. The van der Waals surface area contributed by atoms with E-state index in [1.165, 1.54) is 0 Å². The van der Waals surface area contributed by atoms with Crippen LogP contribution in [0.4, 0.5) is 0 Å². The molecule has 3 nitrogen and oxygen atoms in total. The number of esters is 1. The maximum atomic E-state index is 12.1. The standard InChI is InChI=1S/C15H24O3/c1-14(2,3)9-17-10-18-13(16)15(4)8-11-5-6-12(15)7-11/h5-6,11-12H,7-10H2,1-4H3. The minimum absolute atomic E-state index is 0.0762. The van der Waals surface area contributed by atoms with Crippen molar-refractivity contribution in [1.29, 1.82) is 0 Å². The van der Waals surface area contributed by atoms with Crippen LogP contribution < -0.4 is 0 Å². The summed E-state index contributed by atoms with van der Waals surface area (Å²) >= 11 is 0. The van der Waals surface area contributed by atoms with Crippen molar-refractivity contribution in [3.63, 3.8) is 0 Å². The molecule has 0 saturated heterocycles. The fourth-order valence-electron chi connectivity index (χ4n) is 2.94. The van der Waals surface area contributed by atoms with Gasteiger partial charge in [0.05, 0.1) is 12.0 Å². The van der Waals surface area contributed by atoms with Crippen molar-refractivity contribution in [3.05, 3.63) is 12.2 Å². The van der Waals surface area contributed by atoms with Crippen molar-refractivity contribution in [2.75, 3.05) is 13.4 Å². The fraction of sp³-hybridized carbons (Fsp3) is 0.800. The van der Waals surface area contributed by atoms with Gasteiger partial charge in [-0.1, -0.05) is 32.9 Å². The van der Waals surface area contributed by atoms with E-state index >= 15 is 0 Å². The Labute approximate surface area is 110 Å². The molecule has 0 aromatic heterocycles. The zero-order valence-electron chi connectivity index (χ0n) is 11.9. The highest BCUT2D eigenvalue weighted by atomic mass is 16.7. The molecule has 1 saturated carbocycles. The molecule has 0 amide bonds. The van der Waals surface area contributed by atoms with Crippen LogP contribution >= 0.6 is 0 Å². The van der Waals surface area contributed by atoms with Crippen LogP contribution in [0.25, 0.3) is 0 Å². The summed E-state index contributed by atoms with van der Waals surface area (Å²) < 4.78 is 10.7. The van der Waals surface area contributed by atoms with Crippen molar-refractivity contribution >= 4 is 5.97 Å². The first kappa shape index (κ1) is 13.6. The summed E-state index contributed by atoms with van der Waals surface area (Å²) in [6.07, 6.45) is 6.43. The molecule has 3 atom stereocenters. The highest BCUT2D eigenvalue weighted by molar-refractivity contribution is 5.78. The lowest BCUT2D eigenvalue weighted by Gasteiger charge is -2.28. The minimum atomic E-state index is -0.329. The molecule has 2 aliphatic rings. The lowest BCUT2D eigenvalue weighted by Crippen LogP contribution is -2.34. The molecule has 1 fully saturated rings. The third-order valence-corrected chi connectivity index (χ3v) is 3.95. The van der Waals surface area contributed by atoms with Crippen molar-refractivity contribution in [3.8, 4) is 0 Å². The molecular formula is C15H24O3. The van der Waals surface area contributed by atoms with E-state index in [1.807, 2.05) is 6.92 Å². The van der Waals surface area contributed by atoms with Gasteiger partial charge >= 0.3 is 5.97 Å². The Bertz CT molecular complexity index is 353. The molecule has 0 heterocycles. The monoisotopic (exact) mass is 252 g/mol. The Kier molecular flexibility index (Phi) is 3.54. The fourth-order valence-corrected chi connectivity index (χ4v) is 2.94. The molecule has 0 radical (unpaired) electrons. The Morgan fingerprint density at radius 2 is 2.11 bits per heavy atom. The van der Waals surface area contributed by atoms with E-state index in [0.29, 0.717) is 18.4 Å². The van der Waals surface area contributed by atoms with E-state index in [9.17, 15) is 4.79 Å². The summed E-state index contributed by atoms with van der Waals surface area (Å²) in [6.45, 7) is 8.98. The van der Waals surface area contributed by atoms with Gasteiger partial charge in [-0.05, 0) is 37.0 Å². The predicted molar refractivity (Wildman–Crippen MR) is 69.8 cm³/mol. The van der Waals surface area contributed by atoms with Crippen LogP contribution in [-0.4, -0.2) is 19.4 Å². The van der Waals surface area contributed by atoms with Gasteiger partial charge in [-0.25, -0.2) is 0 Å². The third kappa shape index (κ3) is 2.77. The Morgan fingerprint density at radius 3 is 2.61 bits per heavy atom. The summed E-state index contributed by atoms with van der Waals surface area (Å²) in [7, 11) is 0. The van der Waals surface area contributed by atoms with Crippen LogP contribution in [0.1, 0.15) is 40.5 Å². The molecule has 3 unspecified atom stereocenters. The Balaban J connectivity index is 1.77. The molecule has 0 aliphatic heterocycles. The van der Waals surface area contributed by atoms with E-state index in [4.69, 9.17) is 9.47 Å². The van der Waals surface area contributed by atoms with Crippen molar-refractivity contribution < 1.29 is 14.3 Å². The second-order valence-electron chi connectivity index (χ2n) is 7.07. The van der Waals surface area contributed by atoms with Crippen LogP contribution in [0.3, 0.4) is 0 Å². The highest BCUT2D eigenvalue weighted by Gasteiger charge is 2.51. The first-order chi connectivity index (χ1) is 8.31. The van der Waals surface area contributed by atoms with Crippen LogP contribution in [0, 0.1) is 22.7 Å². The second kappa shape index (κ2) is 4.69. The van der Waals surface area contributed by atoms with E-state index in [0.717, 1.165) is 12.8 Å². The smallest absolute Gasteiger partial charge is 0.314 e.